The lowest BCUT2D eigenvalue weighted by molar-refractivity contribution is 0.00587. The predicted octanol–water partition coefficient (Wildman–Crippen LogP) is 3.27. The van der Waals surface area contributed by atoms with E-state index in [1.54, 1.807) is 6.07 Å². The average Bonchev–Trinajstić information content (AvgIpc) is 2.40. The molecule has 2 rings (SSSR count). The molecule has 1 heterocycles. The van der Waals surface area contributed by atoms with Gasteiger partial charge in [-0.2, -0.15) is 0 Å². The molecule has 0 aliphatic carbocycles. The van der Waals surface area contributed by atoms with Crippen LogP contribution < -0.4 is 10.1 Å². The second-order valence-corrected chi connectivity index (χ2v) is 6.33. The first-order valence-electron chi connectivity index (χ1n) is 7.22. The van der Waals surface area contributed by atoms with Crippen molar-refractivity contribution in [3.05, 3.63) is 29.6 Å². The minimum atomic E-state index is -0.302. The van der Waals surface area contributed by atoms with Crippen LogP contribution in [0.1, 0.15) is 39.2 Å². The summed E-state index contributed by atoms with van der Waals surface area (Å²) in [7, 11) is 0. The number of halogens is 1. The molecule has 1 atom stereocenters. The van der Waals surface area contributed by atoms with Gasteiger partial charge in [0.2, 0.25) is 0 Å². The zero-order valence-electron chi connectivity index (χ0n) is 12.5. The summed E-state index contributed by atoms with van der Waals surface area (Å²) in [6, 6.07) is 5.15. The maximum atomic E-state index is 14.0. The number of hydrogen-bond donors (Lipinski definition) is 1. The maximum Gasteiger partial charge on any atom is 0.165 e. The summed E-state index contributed by atoms with van der Waals surface area (Å²) in [6.45, 7) is 8.23. The molecule has 0 bridgehead atoms. The largest absolute Gasteiger partial charge is 0.485 e. The van der Waals surface area contributed by atoms with Crippen molar-refractivity contribution in [1.29, 1.82) is 0 Å². The van der Waals surface area contributed by atoms with Crippen LogP contribution in [0.5, 0.6) is 5.75 Å². The summed E-state index contributed by atoms with van der Waals surface area (Å²) < 4.78 is 25.0. The van der Waals surface area contributed by atoms with E-state index in [1.165, 1.54) is 6.07 Å². The Morgan fingerprint density at radius 2 is 2.20 bits per heavy atom. The van der Waals surface area contributed by atoms with Crippen molar-refractivity contribution in [3.63, 3.8) is 0 Å². The fourth-order valence-electron chi connectivity index (χ4n) is 2.10. The predicted molar refractivity (Wildman–Crippen MR) is 77.5 cm³/mol. The first-order valence-corrected chi connectivity index (χ1v) is 7.22. The standard InChI is InChI=1S/C16H24FNO2/c1-16(2,3)18-10-12-6-7-15(14(17)9-12)20-13-5-4-8-19-11-13/h6-7,9,13,18H,4-5,8,10-11H2,1-3H3. The normalized spacial score (nSPS) is 19.9. The Morgan fingerprint density at radius 3 is 2.80 bits per heavy atom. The second-order valence-electron chi connectivity index (χ2n) is 6.33. The van der Waals surface area contributed by atoms with Crippen LogP contribution in [0, 0.1) is 5.82 Å². The fourth-order valence-corrected chi connectivity index (χ4v) is 2.10. The smallest absolute Gasteiger partial charge is 0.165 e. The molecule has 1 aliphatic rings. The summed E-state index contributed by atoms with van der Waals surface area (Å²) in [5.74, 6) is 0.0174. The maximum absolute atomic E-state index is 14.0. The van der Waals surface area contributed by atoms with Gasteiger partial charge in [-0.1, -0.05) is 6.07 Å². The van der Waals surface area contributed by atoms with Gasteiger partial charge in [-0.25, -0.2) is 4.39 Å². The van der Waals surface area contributed by atoms with Gasteiger partial charge in [0.25, 0.3) is 0 Å². The zero-order valence-corrected chi connectivity index (χ0v) is 12.5. The molecule has 4 heteroatoms. The van der Waals surface area contributed by atoms with Crippen LogP contribution in [0.15, 0.2) is 18.2 Å². The molecule has 3 nitrogen and oxygen atoms in total. The van der Waals surface area contributed by atoms with Gasteiger partial charge in [-0.3, -0.25) is 0 Å². The molecule has 0 saturated carbocycles. The average molecular weight is 281 g/mol. The molecule has 1 aromatic rings. The van der Waals surface area contributed by atoms with Gasteiger partial charge >= 0.3 is 0 Å². The Hall–Kier alpha value is -1.13. The molecular weight excluding hydrogens is 257 g/mol. The molecule has 0 radical (unpaired) electrons. The Morgan fingerprint density at radius 1 is 1.40 bits per heavy atom. The van der Waals surface area contributed by atoms with Crippen molar-refractivity contribution in [2.45, 2.75) is 51.8 Å². The topological polar surface area (TPSA) is 30.5 Å². The fraction of sp³-hybridized carbons (Fsp3) is 0.625. The minimum absolute atomic E-state index is 0.0189. The van der Waals surface area contributed by atoms with Crippen molar-refractivity contribution >= 4 is 0 Å². The van der Waals surface area contributed by atoms with Crippen LogP contribution >= 0.6 is 0 Å². The quantitative estimate of drug-likeness (QED) is 0.919. The number of nitrogens with one attached hydrogen (secondary N) is 1. The van der Waals surface area contributed by atoms with Crippen LogP contribution in [0.25, 0.3) is 0 Å². The number of rotatable bonds is 4. The molecule has 1 fully saturated rings. The Kier molecular flexibility index (Phi) is 5.00. The molecule has 1 unspecified atom stereocenters. The number of hydrogen-bond acceptors (Lipinski definition) is 3. The summed E-state index contributed by atoms with van der Waals surface area (Å²) in [5, 5.41) is 3.34. The summed E-state index contributed by atoms with van der Waals surface area (Å²) >= 11 is 0. The molecule has 1 aliphatic heterocycles. The molecule has 1 aromatic carbocycles. The summed E-state index contributed by atoms with van der Waals surface area (Å²) in [4.78, 5) is 0. The van der Waals surface area contributed by atoms with E-state index in [0.717, 1.165) is 25.0 Å². The van der Waals surface area contributed by atoms with Crippen LogP contribution in [0.2, 0.25) is 0 Å². The lowest BCUT2D eigenvalue weighted by atomic mass is 10.1. The van der Waals surface area contributed by atoms with Crippen molar-refractivity contribution in [2.24, 2.45) is 0 Å². The number of ether oxygens (including phenoxy) is 2. The van der Waals surface area contributed by atoms with Crippen molar-refractivity contribution in [2.75, 3.05) is 13.2 Å². The van der Waals surface area contributed by atoms with E-state index in [-0.39, 0.29) is 17.5 Å². The molecular formula is C16H24FNO2. The van der Waals surface area contributed by atoms with E-state index in [9.17, 15) is 4.39 Å². The molecule has 112 valence electrons. The van der Waals surface area contributed by atoms with Gasteiger partial charge in [0, 0.05) is 18.7 Å². The Labute approximate surface area is 120 Å². The Balaban J connectivity index is 1.94. The lowest BCUT2D eigenvalue weighted by Gasteiger charge is -2.24. The SMILES string of the molecule is CC(C)(C)NCc1ccc(OC2CCCOC2)c(F)c1. The van der Waals surface area contributed by atoms with E-state index in [4.69, 9.17) is 9.47 Å². The molecule has 1 N–H and O–H groups in total. The van der Waals surface area contributed by atoms with Gasteiger partial charge in [-0.05, 0) is 51.3 Å². The van der Waals surface area contributed by atoms with Crippen molar-refractivity contribution in [3.8, 4) is 5.75 Å². The van der Waals surface area contributed by atoms with E-state index in [1.807, 2.05) is 6.07 Å². The summed E-state index contributed by atoms with van der Waals surface area (Å²) in [5.41, 5.74) is 0.940. The van der Waals surface area contributed by atoms with Crippen LogP contribution in [0.3, 0.4) is 0 Å². The molecule has 0 amide bonds. The van der Waals surface area contributed by atoms with Crippen molar-refractivity contribution in [1.82, 2.24) is 5.32 Å². The lowest BCUT2D eigenvalue weighted by Crippen LogP contribution is -2.35. The monoisotopic (exact) mass is 281 g/mol. The van der Waals surface area contributed by atoms with Gasteiger partial charge in [0.05, 0.1) is 6.61 Å². The van der Waals surface area contributed by atoms with Crippen molar-refractivity contribution < 1.29 is 13.9 Å². The van der Waals surface area contributed by atoms with Crippen LogP contribution in [-0.4, -0.2) is 24.9 Å². The highest BCUT2D eigenvalue weighted by Crippen LogP contribution is 2.22. The highest BCUT2D eigenvalue weighted by atomic mass is 19.1. The first-order chi connectivity index (χ1) is 9.44. The first kappa shape index (κ1) is 15.3. The minimum Gasteiger partial charge on any atom is -0.485 e. The van der Waals surface area contributed by atoms with E-state index < -0.39 is 0 Å². The van der Waals surface area contributed by atoms with Gasteiger partial charge in [0.15, 0.2) is 11.6 Å². The summed E-state index contributed by atoms with van der Waals surface area (Å²) in [6.07, 6.45) is 1.86. The van der Waals surface area contributed by atoms with E-state index in [2.05, 4.69) is 26.1 Å². The Bertz CT molecular complexity index is 437. The molecule has 20 heavy (non-hydrogen) atoms. The molecule has 0 aromatic heterocycles. The van der Waals surface area contributed by atoms with Gasteiger partial charge in [-0.15, -0.1) is 0 Å². The third-order valence-electron chi connectivity index (χ3n) is 3.23. The van der Waals surface area contributed by atoms with Crippen LogP contribution in [-0.2, 0) is 11.3 Å². The van der Waals surface area contributed by atoms with Crippen LogP contribution in [0.4, 0.5) is 4.39 Å². The van der Waals surface area contributed by atoms with Gasteiger partial charge in [0.1, 0.15) is 6.10 Å². The highest BCUT2D eigenvalue weighted by Gasteiger charge is 2.17. The van der Waals surface area contributed by atoms with E-state index >= 15 is 0 Å². The second kappa shape index (κ2) is 6.55. The molecule has 0 spiro atoms. The molecule has 1 saturated heterocycles. The third kappa shape index (κ3) is 4.76. The third-order valence-corrected chi connectivity index (χ3v) is 3.23. The highest BCUT2D eigenvalue weighted by molar-refractivity contribution is 5.29. The zero-order chi connectivity index (χ0) is 14.6. The number of benzene rings is 1. The van der Waals surface area contributed by atoms with E-state index in [0.29, 0.717) is 18.9 Å². The van der Waals surface area contributed by atoms with Gasteiger partial charge < -0.3 is 14.8 Å².